The molecule has 0 aromatic heterocycles. The minimum Gasteiger partial charge on any atom is -0.384 e. The Morgan fingerprint density at radius 1 is 1.17 bits per heavy atom. The van der Waals surface area contributed by atoms with Gasteiger partial charge in [-0.2, -0.15) is 0 Å². The summed E-state index contributed by atoms with van der Waals surface area (Å²) in [4.78, 5) is 17.5. The van der Waals surface area contributed by atoms with Gasteiger partial charge in [0.2, 0.25) is 0 Å². The number of piperidine rings is 2. The summed E-state index contributed by atoms with van der Waals surface area (Å²) in [5.41, 5.74) is 0.205. The summed E-state index contributed by atoms with van der Waals surface area (Å²) in [7, 11) is 1.77. The molecule has 2 atom stereocenters. The van der Waals surface area contributed by atoms with Gasteiger partial charge in [-0.25, -0.2) is 4.79 Å². The molecule has 24 heavy (non-hydrogen) atoms. The third-order valence-electron chi connectivity index (χ3n) is 6.89. The van der Waals surface area contributed by atoms with E-state index in [4.69, 9.17) is 4.74 Å². The molecule has 2 heterocycles. The molecule has 0 aromatic carbocycles. The number of nitrogens with zero attached hydrogens (tertiary/aromatic N) is 2. The third-order valence-corrected chi connectivity index (χ3v) is 6.89. The summed E-state index contributed by atoms with van der Waals surface area (Å²) in [5, 5.41) is 3.22. The number of methoxy groups -OCH3 is 1. The van der Waals surface area contributed by atoms with Crippen molar-refractivity contribution in [2.75, 3.05) is 39.9 Å². The Bertz CT molecular complexity index is 462. The van der Waals surface area contributed by atoms with Crippen LogP contribution in [0.15, 0.2) is 0 Å². The number of amides is 2. The van der Waals surface area contributed by atoms with Gasteiger partial charge in [-0.15, -0.1) is 0 Å². The van der Waals surface area contributed by atoms with Crippen molar-refractivity contribution in [2.24, 2.45) is 11.3 Å². The molecule has 136 valence electrons. The standard InChI is InChI=1S/C19H33N3O2/c1-24-14-19(8-3-9-19)13-20-18(23)21-11-7-17-15(12-21)4-2-10-22(17)16-5-6-16/h15-17H,2-14H2,1H3,(H,20,23)/t15-,17-/m0/s1. The van der Waals surface area contributed by atoms with Gasteiger partial charge in [-0.1, -0.05) is 6.42 Å². The van der Waals surface area contributed by atoms with E-state index < -0.39 is 0 Å². The first kappa shape index (κ1) is 16.6. The normalized spacial score (nSPS) is 32.8. The van der Waals surface area contributed by atoms with Gasteiger partial charge in [-0.05, 0) is 57.4 Å². The van der Waals surface area contributed by atoms with Gasteiger partial charge in [0.05, 0.1) is 6.61 Å². The summed E-state index contributed by atoms with van der Waals surface area (Å²) in [5.74, 6) is 0.690. The van der Waals surface area contributed by atoms with E-state index in [9.17, 15) is 4.79 Å². The van der Waals surface area contributed by atoms with Crippen LogP contribution in [0.3, 0.4) is 0 Å². The van der Waals surface area contributed by atoms with Gasteiger partial charge in [0.25, 0.3) is 0 Å². The highest BCUT2D eigenvalue weighted by molar-refractivity contribution is 5.74. The van der Waals surface area contributed by atoms with Gasteiger partial charge in [0.15, 0.2) is 0 Å². The summed E-state index contributed by atoms with van der Waals surface area (Å²) >= 11 is 0. The second-order valence-electron chi connectivity index (χ2n) is 8.62. The predicted octanol–water partition coefficient (Wildman–Crippen LogP) is 2.46. The fourth-order valence-electron chi connectivity index (χ4n) is 5.22. The van der Waals surface area contributed by atoms with Crippen molar-refractivity contribution in [3.8, 4) is 0 Å². The Labute approximate surface area is 146 Å². The zero-order valence-electron chi connectivity index (χ0n) is 15.1. The fourth-order valence-corrected chi connectivity index (χ4v) is 5.22. The van der Waals surface area contributed by atoms with E-state index >= 15 is 0 Å². The first-order chi connectivity index (χ1) is 11.7. The van der Waals surface area contributed by atoms with Crippen molar-refractivity contribution in [1.29, 1.82) is 0 Å². The Morgan fingerprint density at radius 2 is 2.00 bits per heavy atom. The Hall–Kier alpha value is -0.810. The van der Waals surface area contributed by atoms with Crippen LogP contribution in [-0.4, -0.2) is 67.8 Å². The van der Waals surface area contributed by atoms with Gasteiger partial charge in [0.1, 0.15) is 0 Å². The average molecular weight is 335 g/mol. The lowest BCUT2D eigenvalue weighted by Gasteiger charge is -2.48. The van der Waals surface area contributed by atoms with Crippen LogP contribution in [0.4, 0.5) is 4.79 Å². The van der Waals surface area contributed by atoms with E-state index in [2.05, 4.69) is 15.1 Å². The number of carbonyl (C=O) groups excluding carboxylic acids is 1. The molecule has 5 heteroatoms. The molecule has 4 rings (SSSR count). The number of fused-ring (bicyclic) bond motifs is 1. The zero-order valence-corrected chi connectivity index (χ0v) is 15.1. The lowest BCUT2D eigenvalue weighted by molar-refractivity contribution is 0.0141. The summed E-state index contributed by atoms with van der Waals surface area (Å²) in [6.45, 7) is 4.72. The highest BCUT2D eigenvalue weighted by atomic mass is 16.5. The number of urea groups is 1. The van der Waals surface area contributed by atoms with Crippen LogP contribution >= 0.6 is 0 Å². The van der Waals surface area contributed by atoms with Crippen LogP contribution in [0, 0.1) is 11.3 Å². The van der Waals surface area contributed by atoms with E-state index in [1.165, 1.54) is 51.5 Å². The molecule has 2 saturated heterocycles. The van der Waals surface area contributed by atoms with Crippen LogP contribution in [0.1, 0.15) is 51.4 Å². The smallest absolute Gasteiger partial charge is 0.317 e. The number of likely N-dealkylation sites (tertiary alicyclic amines) is 2. The van der Waals surface area contributed by atoms with E-state index in [1.54, 1.807) is 7.11 Å². The van der Waals surface area contributed by atoms with Crippen molar-refractivity contribution in [3.63, 3.8) is 0 Å². The highest BCUT2D eigenvalue weighted by Crippen LogP contribution is 2.41. The van der Waals surface area contributed by atoms with E-state index in [0.717, 1.165) is 44.7 Å². The number of ether oxygens (including phenoxy) is 1. The lowest BCUT2D eigenvalue weighted by atomic mass is 9.69. The summed E-state index contributed by atoms with van der Waals surface area (Å²) < 4.78 is 5.37. The van der Waals surface area contributed by atoms with Gasteiger partial charge < -0.3 is 15.0 Å². The number of carbonyl (C=O) groups is 1. The molecule has 1 N–H and O–H groups in total. The predicted molar refractivity (Wildman–Crippen MR) is 94.0 cm³/mol. The van der Waals surface area contributed by atoms with Crippen LogP contribution in [0.25, 0.3) is 0 Å². The van der Waals surface area contributed by atoms with E-state index in [0.29, 0.717) is 5.92 Å². The third kappa shape index (κ3) is 3.30. The van der Waals surface area contributed by atoms with Crippen molar-refractivity contribution in [2.45, 2.75) is 63.5 Å². The second kappa shape index (κ2) is 6.83. The maximum atomic E-state index is 12.7. The highest BCUT2D eigenvalue weighted by Gasteiger charge is 2.43. The van der Waals surface area contributed by atoms with Crippen LogP contribution < -0.4 is 5.32 Å². The molecule has 5 nitrogen and oxygen atoms in total. The minimum atomic E-state index is 0.152. The minimum absolute atomic E-state index is 0.152. The first-order valence-electron chi connectivity index (χ1n) is 9.98. The molecular weight excluding hydrogens is 302 g/mol. The molecule has 4 aliphatic rings. The van der Waals surface area contributed by atoms with E-state index in [-0.39, 0.29) is 11.4 Å². The number of rotatable bonds is 5. The van der Waals surface area contributed by atoms with Crippen LogP contribution in [0.2, 0.25) is 0 Å². The number of nitrogens with one attached hydrogen (secondary N) is 1. The molecule has 4 fully saturated rings. The number of hydrogen-bond donors (Lipinski definition) is 1. The molecule has 2 aliphatic carbocycles. The topological polar surface area (TPSA) is 44.8 Å². The molecule has 0 bridgehead atoms. The molecule has 2 aliphatic heterocycles. The molecule has 0 spiro atoms. The first-order valence-corrected chi connectivity index (χ1v) is 9.98. The molecule has 2 saturated carbocycles. The molecular formula is C19H33N3O2. The van der Waals surface area contributed by atoms with Crippen LogP contribution in [-0.2, 0) is 4.74 Å². The second-order valence-corrected chi connectivity index (χ2v) is 8.62. The monoisotopic (exact) mass is 335 g/mol. The largest absolute Gasteiger partial charge is 0.384 e. The Kier molecular flexibility index (Phi) is 4.74. The maximum absolute atomic E-state index is 12.7. The van der Waals surface area contributed by atoms with Crippen molar-refractivity contribution in [1.82, 2.24) is 15.1 Å². The van der Waals surface area contributed by atoms with Crippen molar-refractivity contribution in [3.05, 3.63) is 0 Å². The average Bonchev–Trinajstić information content (AvgIpc) is 3.40. The number of hydrogen-bond acceptors (Lipinski definition) is 3. The zero-order chi connectivity index (χ0) is 16.6. The molecule has 0 radical (unpaired) electrons. The van der Waals surface area contributed by atoms with E-state index in [1.807, 2.05) is 0 Å². The maximum Gasteiger partial charge on any atom is 0.317 e. The fraction of sp³-hybridized carbons (Fsp3) is 0.947. The summed E-state index contributed by atoms with van der Waals surface area (Å²) in [6.07, 6.45) is 10.2. The van der Waals surface area contributed by atoms with Gasteiger partial charge in [0, 0.05) is 44.2 Å². The lowest BCUT2D eigenvalue weighted by Crippen LogP contribution is -2.58. The quantitative estimate of drug-likeness (QED) is 0.839. The molecule has 0 aromatic rings. The van der Waals surface area contributed by atoms with Crippen molar-refractivity contribution >= 4 is 6.03 Å². The Balaban J connectivity index is 1.28. The van der Waals surface area contributed by atoms with Crippen LogP contribution in [0.5, 0.6) is 0 Å². The van der Waals surface area contributed by atoms with Crippen molar-refractivity contribution < 1.29 is 9.53 Å². The SMILES string of the molecule is COCC1(CNC(=O)N2CC[C@H]3[C@@H](CCCN3C3CC3)C2)CCC1. The molecule has 0 unspecified atom stereocenters. The Morgan fingerprint density at radius 3 is 2.67 bits per heavy atom. The molecule has 2 amide bonds. The van der Waals surface area contributed by atoms with Gasteiger partial charge >= 0.3 is 6.03 Å². The summed E-state index contributed by atoms with van der Waals surface area (Å²) in [6, 6.07) is 1.76. The van der Waals surface area contributed by atoms with Gasteiger partial charge in [-0.3, -0.25) is 4.90 Å².